The zero-order chi connectivity index (χ0) is 6.69. The van der Waals surface area contributed by atoms with Gasteiger partial charge in [0.15, 0.2) is 0 Å². The van der Waals surface area contributed by atoms with Crippen molar-refractivity contribution in [2.75, 3.05) is 7.11 Å². The summed E-state index contributed by atoms with van der Waals surface area (Å²) in [4.78, 5) is 0. The second-order valence-electron chi connectivity index (χ2n) is 1.91. The minimum Gasteiger partial charge on any atom is -0.494 e. The third kappa shape index (κ3) is 1.31. The molecule has 1 aliphatic carbocycles. The van der Waals surface area contributed by atoms with Gasteiger partial charge >= 0.3 is 0 Å². The van der Waals surface area contributed by atoms with Gasteiger partial charge in [-0.2, -0.15) is 0 Å². The Balaban J connectivity index is 2.72. The molecule has 0 N–H and O–H groups in total. The number of ether oxygens (including phenoxy) is 1. The van der Waals surface area contributed by atoms with Gasteiger partial charge in [-0.15, -0.1) is 0 Å². The summed E-state index contributed by atoms with van der Waals surface area (Å²) in [5, 5.41) is 0. The van der Waals surface area contributed by atoms with Gasteiger partial charge in [0.1, 0.15) is 11.6 Å². The molecule has 0 fully saturated rings. The molecule has 2 heteroatoms. The molecule has 1 rings (SSSR count). The summed E-state index contributed by atoms with van der Waals surface area (Å²) in [6.07, 6.45) is 4.85. The van der Waals surface area contributed by atoms with Crippen LogP contribution >= 0.6 is 0 Å². The van der Waals surface area contributed by atoms with E-state index in [-0.39, 0.29) is 5.83 Å². The molecular weight excluding hydrogens is 119 g/mol. The highest BCUT2D eigenvalue weighted by atomic mass is 19.1. The molecule has 1 nitrogen and oxygen atoms in total. The molecule has 0 bridgehead atoms. The number of hydrogen-bond donors (Lipinski definition) is 0. The molecule has 0 saturated heterocycles. The maximum absolute atomic E-state index is 12.6. The normalized spacial score (nSPS) is 18.4. The van der Waals surface area contributed by atoms with Gasteiger partial charge in [0, 0.05) is 6.42 Å². The maximum Gasteiger partial charge on any atom is 0.149 e. The Kier molecular flexibility index (Phi) is 1.88. The summed E-state index contributed by atoms with van der Waals surface area (Å²) in [6, 6.07) is 0. The Labute approximate surface area is 53.8 Å². The first-order chi connectivity index (χ1) is 4.34. The minimum absolute atomic E-state index is 0.139. The third-order valence-corrected chi connectivity index (χ3v) is 1.29. The third-order valence-electron chi connectivity index (χ3n) is 1.29. The van der Waals surface area contributed by atoms with Crippen molar-refractivity contribution in [3.05, 3.63) is 23.7 Å². The Hall–Kier alpha value is -0.790. The van der Waals surface area contributed by atoms with Gasteiger partial charge in [0.2, 0.25) is 0 Å². The quantitative estimate of drug-likeness (QED) is 0.525. The highest BCUT2D eigenvalue weighted by molar-refractivity contribution is 5.19. The smallest absolute Gasteiger partial charge is 0.149 e. The predicted octanol–water partition coefficient (Wildman–Crippen LogP) is 2.16. The molecule has 0 radical (unpaired) electrons. The summed E-state index contributed by atoms with van der Waals surface area (Å²) in [5.74, 6) is 0.237. The van der Waals surface area contributed by atoms with Crippen LogP contribution in [-0.2, 0) is 4.74 Å². The monoisotopic (exact) mass is 128 g/mol. The van der Waals surface area contributed by atoms with E-state index in [1.807, 2.05) is 6.08 Å². The van der Waals surface area contributed by atoms with Crippen LogP contribution in [0.4, 0.5) is 4.39 Å². The average molecular weight is 128 g/mol. The fourth-order valence-corrected chi connectivity index (χ4v) is 0.793. The molecule has 0 unspecified atom stereocenters. The van der Waals surface area contributed by atoms with Crippen molar-refractivity contribution < 1.29 is 9.13 Å². The summed E-state index contributed by atoms with van der Waals surface area (Å²) >= 11 is 0. The molecule has 1 aliphatic rings. The van der Waals surface area contributed by atoms with E-state index in [4.69, 9.17) is 4.74 Å². The lowest BCUT2D eigenvalue weighted by atomic mass is 10.1. The Bertz CT molecular complexity index is 158. The van der Waals surface area contributed by atoms with Gasteiger partial charge in [-0.1, -0.05) is 6.08 Å². The maximum atomic E-state index is 12.6. The Morgan fingerprint density at radius 1 is 1.67 bits per heavy atom. The summed E-state index contributed by atoms with van der Waals surface area (Å²) < 4.78 is 17.3. The standard InChI is InChI=1S/C7H9FO/c1-9-7-5-3-2-4-6(7)8/h3,5H,2,4H2,1H3. The van der Waals surface area contributed by atoms with Crippen LogP contribution in [0, 0.1) is 0 Å². The van der Waals surface area contributed by atoms with Gasteiger partial charge in [-0.05, 0) is 12.5 Å². The second-order valence-corrected chi connectivity index (χ2v) is 1.91. The Morgan fingerprint density at radius 3 is 2.89 bits per heavy atom. The minimum atomic E-state index is -0.139. The summed E-state index contributed by atoms with van der Waals surface area (Å²) in [7, 11) is 1.48. The van der Waals surface area contributed by atoms with E-state index in [0.717, 1.165) is 6.42 Å². The lowest BCUT2D eigenvalue weighted by molar-refractivity contribution is 0.285. The molecule has 0 spiro atoms. The van der Waals surface area contributed by atoms with E-state index in [2.05, 4.69) is 0 Å². The molecule has 0 amide bonds. The first-order valence-electron chi connectivity index (χ1n) is 2.94. The predicted molar refractivity (Wildman–Crippen MR) is 33.5 cm³/mol. The van der Waals surface area contributed by atoms with E-state index in [9.17, 15) is 4.39 Å². The van der Waals surface area contributed by atoms with Gasteiger partial charge < -0.3 is 4.74 Å². The van der Waals surface area contributed by atoms with Crippen molar-refractivity contribution in [1.82, 2.24) is 0 Å². The van der Waals surface area contributed by atoms with Crippen LogP contribution in [-0.4, -0.2) is 7.11 Å². The van der Waals surface area contributed by atoms with Crippen molar-refractivity contribution >= 4 is 0 Å². The van der Waals surface area contributed by atoms with Crippen LogP contribution in [0.2, 0.25) is 0 Å². The lowest BCUT2D eigenvalue weighted by Gasteiger charge is -2.06. The molecule has 0 aromatic heterocycles. The zero-order valence-electron chi connectivity index (χ0n) is 5.36. The molecule has 0 saturated carbocycles. The van der Waals surface area contributed by atoms with Crippen molar-refractivity contribution in [3.8, 4) is 0 Å². The van der Waals surface area contributed by atoms with Crippen LogP contribution in [0.15, 0.2) is 23.7 Å². The lowest BCUT2D eigenvalue weighted by Crippen LogP contribution is -1.91. The van der Waals surface area contributed by atoms with Crippen LogP contribution < -0.4 is 0 Å². The molecule has 0 aromatic rings. The fraction of sp³-hybridized carbons (Fsp3) is 0.429. The fourth-order valence-electron chi connectivity index (χ4n) is 0.793. The first-order valence-corrected chi connectivity index (χ1v) is 2.94. The Morgan fingerprint density at radius 2 is 2.44 bits per heavy atom. The number of methoxy groups -OCH3 is 1. The van der Waals surface area contributed by atoms with Crippen molar-refractivity contribution in [2.24, 2.45) is 0 Å². The van der Waals surface area contributed by atoms with Gasteiger partial charge in [0.05, 0.1) is 7.11 Å². The van der Waals surface area contributed by atoms with E-state index in [1.54, 1.807) is 6.08 Å². The number of allylic oxidation sites excluding steroid dienone is 3. The van der Waals surface area contributed by atoms with E-state index in [1.165, 1.54) is 7.11 Å². The zero-order valence-corrected chi connectivity index (χ0v) is 5.36. The molecule has 50 valence electrons. The van der Waals surface area contributed by atoms with E-state index in [0.29, 0.717) is 12.2 Å². The largest absolute Gasteiger partial charge is 0.494 e. The van der Waals surface area contributed by atoms with Crippen LogP contribution in [0.5, 0.6) is 0 Å². The van der Waals surface area contributed by atoms with Crippen molar-refractivity contribution in [2.45, 2.75) is 12.8 Å². The van der Waals surface area contributed by atoms with Crippen molar-refractivity contribution in [3.63, 3.8) is 0 Å². The molecule has 0 aromatic carbocycles. The number of halogens is 1. The molecule has 9 heavy (non-hydrogen) atoms. The van der Waals surface area contributed by atoms with Gasteiger partial charge in [0.25, 0.3) is 0 Å². The first kappa shape index (κ1) is 6.33. The highest BCUT2D eigenvalue weighted by Crippen LogP contribution is 2.19. The van der Waals surface area contributed by atoms with E-state index < -0.39 is 0 Å². The van der Waals surface area contributed by atoms with Gasteiger partial charge in [-0.25, -0.2) is 4.39 Å². The highest BCUT2D eigenvalue weighted by Gasteiger charge is 2.05. The topological polar surface area (TPSA) is 9.23 Å². The van der Waals surface area contributed by atoms with E-state index >= 15 is 0 Å². The SMILES string of the molecule is COC1=C(F)CCC=C1. The summed E-state index contributed by atoms with van der Waals surface area (Å²) in [6.45, 7) is 0. The molecule has 0 atom stereocenters. The second kappa shape index (κ2) is 2.67. The molecule has 0 heterocycles. The molecule has 0 aliphatic heterocycles. The van der Waals surface area contributed by atoms with Crippen molar-refractivity contribution in [1.29, 1.82) is 0 Å². The summed E-state index contributed by atoms with van der Waals surface area (Å²) in [5.41, 5.74) is 0. The van der Waals surface area contributed by atoms with Crippen LogP contribution in [0.25, 0.3) is 0 Å². The van der Waals surface area contributed by atoms with Gasteiger partial charge in [-0.3, -0.25) is 0 Å². The van der Waals surface area contributed by atoms with Crippen LogP contribution in [0.3, 0.4) is 0 Å². The van der Waals surface area contributed by atoms with Crippen LogP contribution in [0.1, 0.15) is 12.8 Å². The number of hydrogen-bond acceptors (Lipinski definition) is 1. The average Bonchev–Trinajstić information content (AvgIpc) is 1.89. The molecular formula is C7H9FO. The number of rotatable bonds is 1.